The van der Waals surface area contributed by atoms with E-state index in [0.29, 0.717) is 28.9 Å². The van der Waals surface area contributed by atoms with Crippen LogP contribution in [0.4, 0.5) is 10.1 Å². The molecule has 5 heteroatoms. The van der Waals surface area contributed by atoms with E-state index in [1.54, 1.807) is 18.2 Å². The molecule has 3 rings (SSSR count). The molecule has 0 atom stereocenters. The van der Waals surface area contributed by atoms with E-state index in [-0.39, 0.29) is 5.91 Å². The molecular weight excluding hydrogens is 325 g/mol. The number of carbonyl (C=O) groups excluding carboxylic acids is 1. The zero-order valence-corrected chi connectivity index (χ0v) is 12.0. The highest BCUT2D eigenvalue weighted by molar-refractivity contribution is 9.10. The molecule has 0 fully saturated rings. The first-order valence-corrected chi connectivity index (χ1v) is 6.89. The van der Waals surface area contributed by atoms with Crippen molar-refractivity contribution in [3.05, 3.63) is 63.4 Å². The largest absolute Gasteiger partial charge is 0.372 e. The first-order chi connectivity index (χ1) is 9.63. The van der Waals surface area contributed by atoms with Gasteiger partial charge in [0.2, 0.25) is 0 Å². The Balaban J connectivity index is 1.80. The molecule has 0 saturated carbocycles. The average Bonchev–Trinajstić information content (AvgIpc) is 2.90. The van der Waals surface area contributed by atoms with Crippen molar-refractivity contribution >= 4 is 27.5 Å². The maximum Gasteiger partial charge on any atom is 0.255 e. The van der Waals surface area contributed by atoms with Gasteiger partial charge in [0.15, 0.2) is 0 Å². The number of hydrogen-bond acceptors (Lipinski definition) is 2. The second-order valence-corrected chi connectivity index (χ2v) is 5.41. The minimum absolute atomic E-state index is 0.263. The molecule has 0 bridgehead atoms. The van der Waals surface area contributed by atoms with Crippen LogP contribution in [0.2, 0.25) is 0 Å². The Hall–Kier alpha value is -1.72. The minimum Gasteiger partial charge on any atom is -0.372 e. The van der Waals surface area contributed by atoms with E-state index >= 15 is 0 Å². The zero-order valence-electron chi connectivity index (χ0n) is 10.5. The lowest BCUT2D eigenvalue weighted by molar-refractivity contribution is 0.102. The van der Waals surface area contributed by atoms with E-state index in [2.05, 4.69) is 21.2 Å². The Morgan fingerprint density at radius 3 is 2.75 bits per heavy atom. The molecule has 0 unspecified atom stereocenters. The molecule has 0 spiro atoms. The number of nitrogens with one attached hydrogen (secondary N) is 1. The lowest BCUT2D eigenvalue weighted by Crippen LogP contribution is -2.12. The van der Waals surface area contributed by atoms with Crippen LogP contribution >= 0.6 is 15.9 Å². The van der Waals surface area contributed by atoms with Crippen LogP contribution in [0.25, 0.3) is 0 Å². The standard InChI is InChI=1S/C15H11BrFNO2/c16-13-4-3-12(6-14(13)17)18-15(19)9-1-2-10-7-20-8-11(10)5-9/h1-6H,7-8H2,(H,18,19). The molecule has 1 aliphatic rings. The van der Waals surface area contributed by atoms with Crippen LogP contribution in [0.3, 0.4) is 0 Å². The van der Waals surface area contributed by atoms with Gasteiger partial charge in [0, 0.05) is 11.3 Å². The third-order valence-corrected chi connectivity index (χ3v) is 3.80. The van der Waals surface area contributed by atoms with Crippen LogP contribution < -0.4 is 5.32 Å². The van der Waals surface area contributed by atoms with E-state index in [4.69, 9.17) is 4.74 Å². The molecule has 2 aromatic carbocycles. The predicted molar refractivity (Wildman–Crippen MR) is 77.0 cm³/mol. The zero-order chi connectivity index (χ0) is 14.1. The summed E-state index contributed by atoms with van der Waals surface area (Å²) in [6, 6.07) is 9.92. The molecular formula is C15H11BrFNO2. The van der Waals surface area contributed by atoms with Gasteiger partial charge in [0.25, 0.3) is 5.91 Å². The molecule has 20 heavy (non-hydrogen) atoms. The van der Waals surface area contributed by atoms with Crippen LogP contribution in [0.1, 0.15) is 21.5 Å². The Kier molecular flexibility index (Phi) is 3.54. The number of benzene rings is 2. The number of fused-ring (bicyclic) bond motifs is 1. The number of halogens is 2. The van der Waals surface area contributed by atoms with Crippen LogP contribution in [0.5, 0.6) is 0 Å². The highest BCUT2D eigenvalue weighted by Gasteiger charge is 2.14. The van der Waals surface area contributed by atoms with Gasteiger partial charge < -0.3 is 10.1 Å². The SMILES string of the molecule is O=C(Nc1ccc(Br)c(F)c1)c1ccc2c(c1)COC2. The van der Waals surface area contributed by atoms with Crippen molar-refractivity contribution < 1.29 is 13.9 Å². The second kappa shape index (κ2) is 5.34. The van der Waals surface area contributed by atoms with Gasteiger partial charge in [-0.15, -0.1) is 0 Å². The topological polar surface area (TPSA) is 38.3 Å². The Labute approximate surface area is 123 Å². The lowest BCUT2D eigenvalue weighted by atomic mass is 10.1. The van der Waals surface area contributed by atoms with Crippen molar-refractivity contribution in [3.8, 4) is 0 Å². The van der Waals surface area contributed by atoms with Gasteiger partial charge in [-0.25, -0.2) is 4.39 Å². The summed E-state index contributed by atoms with van der Waals surface area (Å²) in [6.45, 7) is 1.12. The fourth-order valence-electron chi connectivity index (χ4n) is 2.09. The van der Waals surface area contributed by atoms with Crippen LogP contribution in [0, 0.1) is 5.82 Å². The summed E-state index contributed by atoms with van der Waals surface area (Å²) in [5.41, 5.74) is 3.10. The lowest BCUT2D eigenvalue weighted by Gasteiger charge is -2.07. The summed E-state index contributed by atoms with van der Waals surface area (Å²) in [5, 5.41) is 2.68. The molecule has 0 radical (unpaired) electrons. The molecule has 1 N–H and O–H groups in total. The Morgan fingerprint density at radius 1 is 1.15 bits per heavy atom. The van der Waals surface area contributed by atoms with Crippen molar-refractivity contribution in [2.24, 2.45) is 0 Å². The summed E-state index contributed by atoms with van der Waals surface area (Å²) >= 11 is 3.07. The van der Waals surface area contributed by atoms with Crippen molar-refractivity contribution in [3.63, 3.8) is 0 Å². The monoisotopic (exact) mass is 335 g/mol. The van der Waals surface area contributed by atoms with Crippen molar-refractivity contribution in [1.82, 2.24) is 0 Å². The second-order valence-electron chi connectivity index (χ2n) is 4.56. The summed E-state index contributed by atoms with van der Waals surface area (Å²) in [5.74, 6) is -0.674. The van der Waals surface area contributed by atoms with Crippen molar-refractivity contribution in [2.75, 3.05) is 5.32 Å². The molecule has 1 amide bonds. The van der Waals surface area contributed by atoms with Crippen LogP contribution in [0.15, 0.2) is 40.9 Å². The molecule has 2 aromatic rings. The normalized spacial score (nSPS) is 13.1. The van der Waals surface area contributed by atoms with Gasteiger partial charge in [-0.05, 0) is 57.4 Å². The molecule has 1 aliphatic heterocycles. The van der Waals surface area contributed by atoms with Gasteiger partial charge in [-0.2, -0.15) is 0 Å². The van der Waals surface area contributed by atoms with Gasteiger partial charge in [0.05, 0.1) is 17.7 Å². The van der Waals surface area contributed by atoms with Gasteiger partial charge in [0.1, 0.15) is 5.82 Å². The summed E-state index contributed by atoms with van der Waals surface area (Å²) < 4.78 is 19.1. The number of rotatable bonds is 2. The number of anilines is 1. The van der Waals surface area contributed by atoms with Crippen LogP contribution in [-0.4, -0.2) is 5.91 Å². The first kappa shape index (κ1) is 13.3. The van der Waals surface area contributed by atoms with E-state index in [9.17, 15) is 9.18 Å². The Morgan fingerprint density at radius 2 is 1.95 bits per heavy atom. The first-order valence-electron chi connectivity index (χ1n) is 6.09. The smallest absolute Gasteiger partial charge is 0.255 e. The van der Waals surface area contributed by atoms with Gasteiger partial charge in [-0.1, -0.05) is 6.07 Å². The predicted octanol–water partition coefficient (Wildman–Crippen LogP) is 3.87. The maximum absolute atomic E-state index is 13.4. The summed E-state index contributed by atoms with van der Waals surface area (Å²) in [6.07, 6.45) is 0. The highest BCUT2D eigenvalue weighted by Crippen LogP contribution is 2.22. The van der Waals surface area contributed by atoms with Crippen molar-refractivity contribution in [1.29, 1.82) is 0 Å². The van der Waals surface area contributed by atoms with Gasteiger partial charge in [-0.3, -0.25) is 4.79 Å². The number of amides is 1. The minimum atomic E-state index is -0.412. The fourth-order valence-corrected chi connectivity index (χ4v) is 2.34. The maximum atomic E-state index is 13.4. The van der Waals surface area contributed by atoms with E-state index < -0.39 is 5.82 Å². The average molecular weight is 336 g/mol. The number of hydrogen-bond donors (Lipinski definition) is 1. The molecule has 3 nitrogen and oxygen atoms in total. The molecule has 0 aromatic heterocycles. The summed E-state index contributed by atoms with van der Waals surface area (Å²) in [7, 11) is 0. The molecule has 102 valence electrons. The molecule has 0 saturated heterocycles. The Bertz CT molecular complexity index is 688. The van der Waals surface area contributed by atoms with Gasteiger partial charge >= 0.3 is 0 Å². The van der Waals surface area contributed by atoms with E-state index in [0.717, 1.165) is 11.1 Å². The number of ether oxygens (including phenoxy) is 1. The highest BCUT2D eigenvalue weighted by atomic mass is 79.9. The fraction of sp³-hybridized carbons (Fsp3) is 0.133. The van der Waals surface area contributed by atoms with E-state index in [1.807, 2.05) is 12.1 Å². The van der Waals surface area contributed by atoms with Crippen molar-refractivity contribution in [2.45, 2.75) is 13.2 Å². The third-order valence-electron chi connectivity index (χ3n) is 3.16. The molecule has 1 heterocycles. The summed E-state index contributed by atoms with van der Waals surface area (Å²) in [4.78, 5) is 12.1. The number of carbonyl (C=O) groups is 1. The molecule has 0 aliphatic carbocycles. The van der Waals surface area contributed by atoms with Crippen LogP contribution in [-0.2, 0) is 18.0 Å². The van der Waals surface area contributed by atoms with E-state index in [1.165, 1.54) is 6.07 Å². The quantitative estimate of drug-likeness (QED) is 0.904. The third kappa shape index (κ3) is 2.59.